The summed E-state index contributed by atoms with van der Waals surface area (Å²) in [7, 11) is 1.69. The molecule has 78 valence electrons. The number of aromatic nitrogens is 2. The van der Waals surface area contributed by atoms with Gasteiger partial charge < -0.3 is 0 Å². The zero-order valence-electron chi connectivity index (χ0n) is 7.78. The van der Waals surface area contributed by atoms with Gasteiger partial charge in [-0.2, -0.15) is 0 Å². The van der Waals surface area contributed by atoms with Gasteiger partial charge in [0.25, 0.3) is 0 Å². The highest BCUT2D eigenvalue weighted by molar-refractivity contribution is 7.71. The highest BCUT2D eigenvalue weighted by Crippen LogP contribution is 2.29. The predicted molar refractivity (Wildman–Crippen MR) is 65.2 cm³/mol. The Morgan fingerprint density at radius 1 is 1.53 bits per heavy atom. The van der Waals surface area contributed by atoms with Crippen LogP contribution in [0.3, 0.4) is 0 Å². The highest BCUT2D eigenvalue weighted by atomic mass is 35.5. The van der Waals surface area contributed by atoms with Gasteiger partial charge in [-0.05, 0) is 18.2 Å². The molecule has 0 aliphatic heterocycles. The van der Waals surface area contributed by atoms with E-state index in [1.807, 2.05) is 6.07 Å². The average molecular weight is 259 g/mol. The third-order valence-electron chi connectivity index (χ3n) is 1.99. The number of thiophene rings is 1. The Morgan fingerprint density at radius 2 is 2.27 bits per heavy atom. The number of hydrogen-bond donors (Lipinski definition) is 1. The molecule has 0 atom stereocenters. The van der Waals surface area contributed by atoms with Crippen molar-refractivity contribution in [1.29, 1.82) is 0 Å². The molecule has 15 heavy (non-hydrogen) atoms. The van der Waals surface area contributed by atoms with Crippen LogP contribution in [0.2, 0.25) is 4.34 Å². The monoisotopic (exact) mass is 258 g/mol. The highest BCUT2D eigenvalue weighted by Gasteiger charge is 2.06. The smallest absolute Gasteiger partial charge is 0.298 e. The summed E-state index contributed by atoms with van der Waals surface area (Å²) in [5, 5.41) is 0. The number of halogens is 1. The minimum atomic E-state index is -0.220. The Morgan fingerprint density at radius 3 is 2.87 bits per heavy atom. The van der Waals surface area contributed by atoms with Gasteiger partial charge in [-0.15, -0.1) is 11.3 Å². The first-order valence-electron chi connectivity index (χ1n) is 4.14. The molecule has 2 heterocycles. The molecule has 0 saturated heterocycles. The molecule has 0 fully saturated rings. The normalized spacial score (nSPS) is 10.5. The summed E-state index contributed by atoms with van der Waals surface area (Å²) in [5.41, 5.74) is 0.558. The van der Waals surface area contributed by atoms with Crippen LogP contribution < -0.4 is 5.69 Å². The number of H-pyrrole nitrogens is 1. The quantitative estimate of drug-likeness (QED) is 0.799. The second-order valence-electron chi connectivity index (χ2n) is 2.99. The Balaban J connectivity index is 2.73. The first-order chi connectivity index (χ1) is 7.08. The summed E-state index contributed by atoms with van der Waals surface area (Å²) in [6.45, 7) is 0. The van der Waals surface area contributed by atoms with Crippen LogP contribution in [0.15, 0.2) is 23.0 Å². The molecule has 6 heteroatoms. The van der Waals surface area contributed by atoms with Crippen molar-refractivity contribution in [2.24, 2.45) is 7.05 Å². The summed E-state index contributed by atoms with van der Waals surface area (Å²) in [6.07, 6.45) is 0. The standard InChI is InChI=1S/C9H7ClN2OS2/c1-12-5(4-8(14)11-9(12)13)6-2-3-7(10)15-6/h2-4H,1H3,(H,11,13,14). The largest absolute Gasteiger partial charge is 0.326 e. The van der Waals surface area contributed by atoms with E-state index >= 15 is 0 Å². The zero-order chi connectivity index (χ0) is 11.0. The number of nitrogens with zero attached hydrogens (tertiary/aromatic N) is 1. The summed E-state index contributed by atoms with van der Waals surface area (Å²) in [6, 6.07) is 5.42. The molecular formula is C9H7ClN2OS2. The maximum absolute atomic E-state index is 11.5. The van der Waals surface area contributed by atoms with Gasteiger partial charge in [0.05, 0.1) is 14.9 Å². The van der Waals surface area contributed by atoms with Gasteiger partial charge in [0.2, 0.25) is 0 Å². The number of aromatic amines is 1. The molecule has 2 aromatic rings. The van der Waals surface area contributed by atoms with E-state index in [0.717, 1.165) is 10.6 Å². The van der Waals surface area contributed by atoms with Crippen molar-refractivity contribution < 1.29 is 0 Å². The van der Waals surface area contributed by atoms with Crippen molar-refractivity contribution >= 4 is 35.2 Å². The summed E-state index contributed by atoms with van der Waals surface area (Å²) < 4.78 is 2.63. The minimum absolute atomic E-state index is 0.220. The van der Waals surface area contributed by atoms with E-state index in [0.29, 0.717) is 8.98 Å². The molecule has 2 rings (SSSR count). The van der Waals surface area contributed by atoms with E-state index in [9.17, 15) is 4.79 Å². The Kier molecular flexibility index (Phi) is 2.77. The van der Waals surface area contributed by atoms with Gasteiger partial charge in [-0.3, -0.25) is 9.55 Å². The van der Waals surface area contributed by atoms with Crippen molar-refractivity contribution in [2.45, 2.75) is 0 Å². The molecule has 0 aliphatic rings. The van der Waals surface area contributed by atoms with E-state index in [4.69, 9.17) is 23.8 Å². The first-order valence-corrected chi connectivity index (χ1v) is 5.74. The second kappa shape index (κ2) is 3.92. The van der Waals surface area contributed by atoms with Crippen molar-refractivity contribution in [3.05, 3.63) is 37.7 Å². The molecule has 0 unspecified atom stereocenters. The van der Waals surface area contributed by atoms with Crippen LogP contribution in [-0.4, -0.2) is 9.55 Å². The van der Waals surface area contributed by atoms with E-state index in [1.54, 1.807) is 19.2 Å². The van der Waals surface area contributed by atoms with Gasteiger partial charge in [0.1, 0.15) is 4.64 Å². The molecular weight excluding hydrogens is 252 g/mol. The van der Waals surface area contributed by atoms with Crippen molar-refractivity contribution in [2.75, 3.05) is 0 Å². The number of nitrogens with one attached hydrogen (secondary N) is 1. The molecule has 0 saturated carbocycles. The third kappa shape index (κ3) is 2.04. The summed E-state index contributed by atoms with van der Waals surface area (Å²) in [4.78, 5) is 14.9. The van der Waals surface area contributed by atoms with Crippen LogP contribution in [0, 0.1) is 4.64 Å². The van der Waals surface area contributed by atoms with Crippen molar-refractivity contribution in [3.8, 4) is 10.6 Å². The first kappa shape index (κ1) is 10.6. The van der Waals surface area contributed by atoms with Crippen LogP contribution in [-0.2, 0) is 7.05 Å². The SMILES string of the molecule is Cn1c(-c2ccc(Cl)s2)cc(=S)[nH]c1=O. The molecule has 3 nitrogen and oxygen atoms in total. The fourth-order valence-electron chi connectivity index (χ4n) is 1.24. The maximum atomic E-state index is 11.5. The maximum Gasteiger partial charge on any atom is 0.326 e. The van der Waals surface area contributed by atoms with Crippen LogP contribution in [0.25, 0.3) is 10.6 Å². The Bertz CT molecular complexity index is 611. The number of hydrogen-bond acceptors (Lipinski definition) is 3. The minimum Gasteiger partial charge on any atom is -0.298 e. The van der Waals surface area contributed by atoms with Crippen LogP contribution in [0.5, 0.6) is 0 Å². The van der Waals surface area contributed by atoms with Gasteiger partial charge in [0, 0.05) is 7.05 Å². The van der Waals surface area contributed by atoms with Gasteiger partial charge >= 0.3 is 5.69 Å². The van der Waals surface area contributed by atoms with Crippen molar-refractivity contribution in [3.63, 3.8) is 0 Å². The zero-order valence-corrected chi connectivity index (χ0v) is 10.2. The number of rotatable bonds is 1. The fourth-order valence-corrected chi connectivity index (χ4v) is 2.54. The molecule has 0 aliphatic carbocycles. The fraction of sp³-hybridized carbons (Fsp3) is 0.111. The lowest BCUT2D eigenvalue weighted by Crippen LogP contribution is -2.20. The lowest BCUT2D eigenvalue weighted by molar-refractivity contribution is 0.817. The second-order valence-corrected chi connectivity index (χ2v) is 5.14. The van der Waals surface area contributed by atoms with E-state index in [1.165, 1.54) is 15.9 Å². The molecule has 0 radical (unpaired) electrons. The van der Waals surface area contributed by atoms with E-state index in [-0.39, 0.29) is 5.69 Å². The van der Waals surface area contributed by atoms with Gasteiger partial charge in [-0.25, -0.2) is 4.79 Å². The van der Waals surface area contributed by atoms with Crippen LogP contribution >= 0.6 is 35.2 Å². The molecule has 0 amide bonds. The molecule has 0 aromatic carbocycles. The molecule has 1 N–H and O–H groups in total. The van der Waals surface area contributed by atoms with Crippen LogP contribution in [0.1, 0.15) is 0 Å². The predicted octanol–water partition coefficient (Wildman–Crippen LogP) is 2.82. The van der Waals surface area contributed by atoms with Gasteiger partial charge in [-0.1, -0.05) is 23.8 Å². The lowest BCUT2D eigenvalue weighted by Gasteiger charge is -2.04. The van der Waals surface area contributed by atoms with E-state index < -0.39 is 0 Å². The lowest BCUT2D eigenvalue weighted by atomic mass is 10.3. The molecule has 2 aromatic heterocycles. The summed E-state index contributed by atoms with van der Waals surface area (Å²) >= 11 is 12.2. The molecule has 0 spiro atoms. The average Bonchev–Trinajstić information content (AvgIpc) is 2.58. The van der Waals surface area contributed by atoms with Gasteiger partial charge in [0.15, 0.2) is 0 Å². The van der Waals surface area contributed by atoms with Crippen molar-refractivity contribution in [1.82, 2.24) is 9.55 Å². The van der Waals surface area contributed by atoms with E-state index in [2.05, 4.69) is 4.98 Å². The Labute approximate surface area is 100.0 Å². The third-order valence-corrected chi connectivity index (χ3v) is 3.46. The Hall–Kier alpha value is -0.910. The molecule has 0 bridgehead atoms. The summed E-state index contributed by atoms with van der Waals surface area (Å²) in [5.74, 6) is 0. The topological polar surface area (TPSA) is 37.8 Å². The van der Waals surface area contributed by atoms with Crippen LogP contribution in [0.4, 0.5) is 0 Å².